The van der Waals surface area contributed by atoms with Crippen LogP contribution in [0.4, 0.5) is 0 Å². The number of allylic oxidation sites excluding steroid dienone is 12. The Labute approximate surface area is 286 Å². The van der Waals surface area contributed by atoms with Crippen molar-refractivity contribution in [2.75, 3.05) is 13.1 Å². The van der Waals surface area contributed by atoms with Crippen LogP contribution in [0.2, 0.25) is 0 Å². The average Bonchev–Trinajstić information content (AvgIpc) is 3.38. The lowest BCUT2D eigenvalue weighted by atomic mass is 9.96. The molecule has 3 heterocycles. The fourth-order valence-corrected chi connectivity index (χ4v) is 6.29. The van der Waals surface area contributed by atoms with E-state index in [1.165, 1.54) is 22.4 Å². The smallest absolute Gasteiger partial charge is 0.0572 e. The molecule has 0 bridgehead atoms. The summed E-state index contributed by atoms with van der Waals surface area (Å²) in [6.07, 6.45) is 26.5. The second kappa shape index (κ2) is 15.2. The third-order valence-electron chi connectivity index (χ3n) is 9.03. The van der Waals surface area contributed by atoms with Gasteiger partial charge in [0.05, 0.1) is 11.4 Å². The van der Waals surface area contributed by atoms with Crippen LogP contribution in [0.1, 0.15) is 52.9 Å². The Morgan fingerprint density at radius 1 is 0.854 bits per heavy atom. The predicted octanol–water partition coefficient (Wildman–Crippen LogP) is 9.98. The monoisotopic (exact) mass is 630 g/mol. The Balaban J connectivity index is 1.60. The number of nitrogens with zero attached hydrogens (tertiary/aromatic N) is 1. The van der Waals surface area contributed by atoms with E-state index < -0.39 is 0 Å². The number of benzene rings is 2. The number of nitrogens with one attached hydrogen (secondary N) is 2. The van der Waals surface area contributed by atoms with Gasteiger partial charge < -0.3 is 20.9 Å². The van der Waals surface area contributed by atoms with Crippen LogP contribution in [0, 0.1) is 13.8 Å². The second-order valence-corrected chi connectivity index (χ2v) is 11.8. The van der Waals surface area contributed by atoms with Crippen molar-refractivity contribution in [2.45, 2.75) is 27.7 Å². The van der Waals surface area contributed by atoms with E-state index in [0.717, 1.165) is 74.8 Å². The van der Waals surface area contributed by atoms with Crippen LogP contribution in [0.3, 0.4) is 0 Å². The summed E-state index contributed by atoms with van der Waals surface area (Å²) in [5.41, 5.74) is 22.4. The first kappa shape index (κ1) is 33.6. The molecular weight excluding hydrogens is 585 g/mol. The zero-order valence-electron chi connectivity index (χ0n) is 28.6. The van der Waals surface area contributed by atoms with Gasteiger partial charge in [-0.3, -0.25) is 0 Å². The van der Waals surface area contributed by atoms with Crippen molar-refractivity contribution in [3.63, 3.8) is 0 Å². The maximum Gasteiger partial charge on any atom is 0.0572 e. The van der Waals surface area contributed by atoms with Crippen molar-refractivity contribution in [3.05, 3.63) is 180 Å². The molecule has 4 nitrogen and oxygen atoms in total. The third-order valence-corrected chi connectivity index (χ3v) is 9.03. The highest BCUT2D eigenvalue weighted by Gasteiger charge is 2.22. The average molecular weight is 631 g/mol. The van der Waals surface area contributed by atoms with E-state index in [9.17, 15) is 0 Å². The van der Waals surface area contributed by atoms with Crippen LogP contribution in [0.25, 0.3) is 45.9 Å². The van der Waals surface area contributed by atoms with Crippen molar-refractivity contribution in [3.8, 4) is 11.3 Å². The second-order valence-electron chi connectivity index (χ2n) is 11.8. The SMILES string of the molecule is C=C/C(=C\c1c(C)c(C)c(-c2ccc(C3=CC=C(C4=CC=CCN4)CN3)cc2C=C)n1/C(C=C)=C/C)c1ccc(C(/C=C\C)=C/N)cc1. The van der Waals surface area contributed by atoms with Crippen LogP contribution >= 0.6 is 0 Å². The highest BCUT2D eigenvalue weighted by atomic mass is 15.0. The molecule has 0 saturated heterocycles. The van der Waals surface area contributed by atoms with Crippen molar-refractivity contribution < 1.29 is 0 Å². The number of rotatable bonds is 11. The molecule has 0 fully saturated rings. The molecule has 0 saturated carbocycles. The van der Waals surface area contributed by atoms with Gasteiger partial charge in [0.2, 0.25) is 0 Å². The standard InChI is InChI=1S/C44H46N4/c1-8-15-37(28-45)35-19-17-34(18-20-35)32(9-2)27-43-30(6)31(7)44(48(43)39(11-4)12-5)40-23-21-36(26-33(40)10-3)42-24-22-38(29-47-42)41-16-13-14-25-46-41/h8-24,26-28,46-47H,2-4,25,29,45H2,1,5-7H3/b15-8-,32-27+,37-28+,39-12+. The van der Waals surface area contributed by atoms with Gasteiger partial charge in [-0.1, -0.05) is 105 Å². The van der Waals surface area contributed by atoms with Crippen molar-refractivity contribution >= 4 is 34.7 Å². The molecular formula is C44H46N4. The highest BCUT2D eigenvalue weighted by molar-refractivity contribution is 5.92. The van der Waals surface area contributed by atoms with E-state index in [-0.39, 0.29) is 0 Å². The maximum atomic E-state index is 5.89. The van der Waals surface area contributed by atoms with Gasteiger partial charge in [-0.15, -0.1) is 0 Å². The minimum absolute atomic E-state index is 0.763. The molecule has 0 aliphatic carbocycles. The van der Waals surface area contributed by atoms with E-state index in [1.54, 1.807) is 6.20 Å². The molecule has 2 aliphatic rings. The molecule has 4 heteroatoms. The summed E-state index contributed by atoms with van der Waals surface area (Å²) in [5, 5.41) is 7.08. The van der Waals surface area contributed by atoms with Crippen molar-refractivity contribution in [1.82, 2.24) is 15.2 Å². The number of nitrogens with two attached hydrogens (primary N) is 1. The molecule has 5 rings (SSSR count). The molecule has 242 valence electrons. The first-order valence-electron chi connectivity index (χ1n) is 16.4. The summed E-state index contributed by atoms with van der Waals surface area (Å²) < 4.78 is 2.31. The quantitative estimate of drug-likeness (QED) is 0.185. The van der Waals surface area contributed by atoms with Gasteiger partial charge in [-0.25, -0.2) is 0 Å². The van der Waals surface area contributed by atoms with E-state index >= 15 is 0 Å². The van der Waals surface area contributed by atoms with Crippen LogP contribution < -0.4 is 16.4 Å². The van der Waals surface area contributed by atoms with E-state index in [1.807, 2.05) is 37.3 Å². The molecule has 0 radical (unpaired) electrons. The molecule has 48 heavy (non-hydrogen) atoms. The zero-order chi connectivity index (χ0) is 34.2. The van der Waals surface area contributed by atoms with E-state index in [4.69, 9.17) is 5.73 Å². The molecule has 1 aromatic heterocycles. The minimum atomic E-state index is 0.763. The Hall–Kier alpha value is -5.74. The molecule has 2 aliphatic heterocycles. The van der Waals surface area contributed by atoms with Gasteiger partial charge >= 0.3 is 0 Å². The summed E-state index contributed by atoms with van der Waals surface area (Å²) in [6.45, 7) is 22.6. The lowest BCUT2D eigenvalue weighted by molar-refractivity contribution is 0.852. The number of hydrogen-bond acceptors (Lipinski definition) is 3. The first-order chi connectivity index (χ1) is 23.4. The summed E-state index contributed by atoms with van der Waals surface area (Å²) in [7, 11) is 0. The topological polar surface area (TPSA) is 55.0 Å². The summed E-state index contributed by atoms with van der Waals surface area (Å²) >= 11 is 0. The summed E-state index contributed by atoms with van der Waals surface area (Å²) in [4.78, 5) is 0. The molecule has 0 atom stereocenters. The Morgan fingerprint density at radius 3 is 2.17 bits per heavy atom. The fraction of sp³-hybridized carbons (Fsp3) is 0.136. The molecule has 0 spiro atoms. The predicted molar refractivity (Wildman–Crippen MR) is 210 cm³/mol. The van der Waals surface area contributed by atoms with Crippen molar-refractivity contribution in [2.24, 2.45) is 5.73 Å². The Morgan fingerprint density at radius 2 is 1.60 bits per heavy atom. The lowest BCUT2D eigenvalue weighted by Crippen LogP contribution is -2.25. The van der Waals surface area contributed by atoms with E-state index in [2.05, 4.69) is 141 Å². The van der Waals surface area contributed by atoms with Gasteiger partial charge in [0.1, 0.15) is 0 Å². The summed E-state index contributed by atoms with van der Waals surface area (Å²) in [6, 6.07) is 15.1. The van der Waals surface area contributed by atoms with E-state index in [0.29, 0.717) is 0 Å². The first-order valence-corrected chi connectivity index (χ1v) is 16.4. The minimum Gasteiger partial charge on any atom is -0.404 e. The number of hydrogen-bond donors (Lipinski definition) is 3. The molecule has 4 N–H and O–H groups in total. The van der Waals surface area contributed by atoms with Gasteiger partial charge in [0, 0.05) is 41.9 Å². The van der Waals surface area contributed by atoms with Gasteiger partial charge in [-0.05, 0) is 108 Å². The van der Waals surface area contributed by atoms with Crippen LogP contribution in [-0.2, 0) is 0 Å². The zero-order valence-corrected chi connectivity index (χ0v) is 28.6. The number of dihydropyridines is 2. The van der Waals surface area contributed by atoms with Gasteiger partial charge in [0.25, 0.3) is 0 Å². The van der Waals surface area contributed by atoms with Crippen LogP contribution in [-0.4, -0.2) is 17.7 Å². The Kier molecular flexibility index (Phi) is 10.7. The van der Waals surface area contributed by atoms with Crippen LogP contribution in [0.15, 0.2) is 140 Å². The van der Waals surface area contributed by atoms with Crippen molar-refractivity contribution in [1.29, 1.82) is 0 Å². The van der Waals surface area contributed by atoms with Gasteiger partial charge in [-0.2, -0.15) is 0 Å². The largest absolute Gasteiger partial charge is 0.404 e. The highest BCUT2D eigenvalue weighted by Crippen LogP contribution is 2.39. The Bertz CT molecular complexity index is 1990. The molecule has 2 aromatic carbocycles. The molecule has 0 amide bonds. The summed E-state index contributed by atoms with van der Waals surface area (Å²) in [5.74, 6) is 0. The van der Waals surface area contributed by atoms with Crippen LogP contribution in [0.5, 0.6) is 0 Å². The normalized spacial score (nSPS) is 15.3. The van der Waals surface area contributed by atoms with Gasteiger partial charge in [0.15, 0.2) is 0 Å². The fourth-order valence-electron chi connectivity index (χ4n) is 6.29. The maximum absolute atomic E-state index is 5.89. The molecule has 0 unspecified atom stereocenters. The third kappa shape index (κ3) is 6.70. The lowest BCUT2D eigenvalue weighted by Gasteiger charge is -2.22. The molecule has 3 aromatic rings. The number of aromatic nitrogens is 1.